The number of hydrogen-bond donors (Lipinski definition) is 2. The lowest BCUT2D eigenvalue weighted by molar-refractivity contribution is -0.246. The zero-order valence-corrected chi connectivity index (χ0v) is 15.2. The molecule has 5 aliphatic rings. The smallest absolute Gasteiger partial charge is 0.339 e. The monoisotopic (exact) mass is 388 g/mol. The number of carbonyl (C=O) groups excluding carboxylic acids is 2. The summed E-state index contributed by atoms with van der Waals surface area (Å²) in [6.45, 7) is 1.93. The predicted molar refractivity (Wildman–Crippen MR) is 89.5 cm³/mol. The molecule has 7 atom stereocenters. The average Bonchev–Trinajstić information content (AvgIpc) is 3.07. The van der Waals surface area contributed by atoms with Gasteiger partial charge in [-0.25, -0.2) is 9.59 Å². The maximum Gasteiger partial charge on any atom is 0.339 e. The van der Waals surface area contributed by atoms with Crippen LogP contribution in [0.1, 0.15) is 37.9 Å². The highest BCUT2D eigenvalue weighted by Gasteiger charge is 2.89. The number of ether oxygens (including phenoxy) is 3. The van der Waals surface area contributed by atoms with Gasteiger partial charge in [-0.2, -0.15) is 0 Å². The molecule has 2 N–H and O–H groups in total. The molecule has 1 aromatic rings. The van der Waals surface area contributed by atoms with Gasteiger partial charge in [-0.3, -0.25) is 0 Å². The van der Waals surface area contributed by atoms with Crippen molar-refractivity contribution in [3.05, 3.63) is 35.8 Å². The first-order valence-corrected chi connectivity index (χ1v) is 9.50. The second-order valence-corrected chi connectivity index (χ2v) is 8.85. The van der Waals surface area contributed by atoms with Crippen molar-refractivity contribution in [2.45, 2.75) is 55.7 Å². The summed E-state index contributed by atoms with van der Waals surface area (Å²) in [5, 5.41) is 22.1. The molecule has 0 aromatic carbocycles. The minimum absolute atomic E-state index is 0.123. The third kappa shape index (κ3) is 1.51. The fourth-order valence-electron chi connectivity index (χ4n) is 6.47. The number of aliphatic hydroxyl groups is 2. The normalized spacial score (nSPS) is 51.1. The van der Waals surface area contributed by atoms with Gasteiger partial charge in [-0.15, -0.1) is 0 Å². The number of fused-ring (bicyclic) bond motifs is 1. The molecule has 0 bridgehead atoms. The molecule has 6 rings (SSSR count). The molecule has 0 radical (unpaired) electrons. The van der Waals surface area contributed by atoms with E-state index in [0.29, 0.717) is 17.6 Å². The first-order valence-electron chi connectivity index (χ1n) is 9.50. The Hall–Kier alpha value is -2.16. The van der Waals surface area contributed by atoms with E-state index in [1.54, 1.807) is 13.0 Å². The van der Waals surface area contributed by atoms with Gasteiger partial charge >= 0.3 is 11.9 Å². The Labute approximate surface area is 160 Å². The average molecular weight is 388 g/mol. The molecule has 3 aliphatic heterocycles. The number of esters is 2. The first-order chi connectivity index (χ1) is 13.3. The molecule has 8 heteroatoms. The molecule has 28 heavy (non-hydrogen) atoms. The molecule has 0 amide bonds. The summed E-state index contributed by atoms with van der Waals surface area (Å²) in [5.41, 5.74) is -3.64. The second-order valence-electron chi connectivity index (χ2n) is 8.85. The third-order valence-corrected chi connectivity index (χ3v) is 7.94. The van der Waals surface area contributed by atoms with Crippen LogP contribution in [0.15, 0.2) is 34.7 Å². The van der Waals surface area contributed by atoms with E-state index < -0.39 is 52.3 Å². The Bertz CT molecular complexity index is 936. The number of cyclic esters (lactones) is 2. The highest BCUT2D eigenvalue weighted by molar-refractivity contribution is 5.94. The van der Waals surface area contributed by atoms with E-state index in [9.17, 15) is 19.8 Å². The van der Waals surface area contributed by atoms with Crippen LogP contribution in [-0.4, -0.2) is 52.2 Å². The summed E-state index contributed by atoms with van der Waals surface area (Å²) in [6.07, 6.45) is 3.05. The lowest BCUT2D eigenvalue weighted by Gasteiger charge is -2.60. The van der Waals surface area contributed by atoms with Crippen LogP contribution in [-0.2, 0) is 23.8 Å². The van der Waals surface area contributed by atoms with E-state index in [-0.39, 0.29) is 19.4 Å². The molecule has 148 valence electrons. The molecule has 0 unspecified atom stereocenters. The van der Waals surface area contributed by atoms with E-state index in [0.717, 1.165) is 0 Å². The van der Waals surface area contributed by atoms with E-state index in [1.807, 2.05) is 0 Å². The van der Waals surface area contributed by atoms with Crippen LogP contribution in [0.4, 0.5) is 0 Å². The van der Waals surface area contributed by atoms with Crippen molar-refractivity contribution < 1.29 is 38.4 Å². The van der Waals surface area contributed by atoms with Gasteiger partial charge in [0.15, 0.2) is 5.60 Å². The number of furan rings is 1. The van der Waals surface area contributed by atoms with Crippen LogP contribution in [0.25, 0.3) is 0 Å². The molecule has 3 saturated heterocycles. The van der Waals surface area contributed by atoms with E-state index in [4.69, 9.17) is 18.6 Å². The van der Waals surface area contributed by atoms with Crippen molar-refractivity contribution >= 4 is 11.9 Å². The molecule has 4 heterocycles. The first kappa shape index (κ1) is 16.8. The molecule has 8 nitrogen and oxygen atoms in total. The largest absolute Gasteiger partial charge is 0.472 e. The maximum atomic E-state index is 13.0. The third-order valence-electron chi connectivity index (χ3n) is 7.94. The Kier molecular flexibility index (Phi) is 2.81. The number of epoxide rings is 1. The lowest BCUT2D eigenvalue weighted by atomic mass is 9.43. The molecule has 1 saturated carbocycles. The SMILES string of the molecule is C[C@]12C[C@H](c3ccoc3)OC(=O)[C@@]1(O)CC[C@@]13COC(=O)C1=C[C@H](O)[C@H]1O[C@]132. The summed E-state index contributed by atoms with van der Waals surface area (Å²) < 4.78 is 22.3. The number of aliphatic hydroxyl groups excluding tert-OH is 1. The Morgan fingerprint density at radius 2 is 2.07 bits per heavy atom. The lowest BCUT2D eigenvalue weighted by Crippen LogP contribution is -2.73. The Balaban J connectivity index is 1.54. The van der Waals surface area contributed by atoms with Crippen LogP contribution in [0, 0.1) is 10.8 Å². The zero-order valence-electron chi connectivity index (χ0n) is 15.2. The second kappa shape index (κ2) is 4.69. The molecular formula is C20H20O8. The van der Waals surface area contributed by atoms with Crippen molar-refractivity contribution in [1.29, 1.82) is 0 Å². The van der Waals surface area contributed by atoms with Crippen molar-refractivity contribution in [2.75, 3.05) is 6.61 Å². The number of rotatable bonds is 1. The van der Waals surface area contributed by atoms with Crippen molar-refractivity contribution in [1.82, 2.24) is 0 Å². The quantitative estimate of drug-likeness (QED) is 0.535. The minimum Gasteiger partial charge on any atom is -0.472 e. The summed E-state index contributed by atoms with van der Waals surface area (Å²) in [6, 6.07) is 1.72. The molecule has 1 aromatic heterocycles. The van der Waals surface area contributed by atoms with Crippen LogP contribution >= 0.6 is 0 Å². The van der Waals surface area contributed by atoms with E-state index in [2.05, 4.69) is 0 Å². The zero-order chi connectivity index (χ0) is 19.5. The minimum atomic E-state index is -1.78. The van der Waals surface area contributed by atoms with Gasteiger partial charge in [0, 0.05) is 23.0 Å². The van der Waals surface area contributed by atoms with Gasteiger partial charge < -0.3 is 28.8 Å². The summed E-state index contributed by atoms with van der Waals surface area (Å²) in [4.78, 5) is 25.4. The van der Waals surface area contributed by atoms with Gasteiger partial charge in [0.25, 0.3) is 0 Å². The van der Waals surface area contributed by atoms with E-state index >= 15 is 0 Å². The van der Waals surface area contributed by atoms with Gasteiger partial charge in [0.05, 0.1) is 17.9 Å². The maximum absolute atomic E-state index is 13.0. The Morgan fingerprint density at radius 3 is 2.82 bits per heavy atom. The molecule has 4 fully saturated rings. The fourth-order valence-corrected chi connectivity index (χ4v) is 6.47. The van der Waals surface area contributed by atoms with Gasteiger partial charge in [0.2, 0.25) is 0 Å². The summed E-state index contributed by atoms with van der Waals surface area (Å²) in [7, 11) is 0. The van der Waals surface area contributed by atoms with Gasteiger partial charge in [-0.05, 0) is 25.0 Å². The fraction of sp³-hybridized carbons (Fsp3) is 0.600. The topological polar surface area (TPSA) is 119 Å². The van der Waals surface area contributed by atoms with Crippen LogP contribution in [0.3, 0.4) is 0 Å². The molecule has 2 aliphatic carbocycles. The molecule has 2 spiro atoms. The summed E-state index contributed by atoms with van der Waals surface area (Å²) >= 11 is 0. The van der Waals surface area contributed by atoms with E-state index in [1.165, 1.54) is 18.6 Å². The van der Waals surface area contributed by atoms with Gasteiger partial charge in [-0.1, -0.05) is 6.92 Å². The highest BCUT2D eigenvalue weighted by atomic mass is 16.6. The van der Waals surface area contributed by atoms with Crippen LogP contribution < -0.4 is 0 Å². The van der Waals surface area contributed by atoms with Crippen molar-refractivity contribution in [3.8, 4) is 0 Å². The summed E-state index contributed by atoms with van der Waals surface area (Å²) in [5.74, 6) is -1.17. The van der Waals surface area contributed by atoms with Crippen LogP contribution in [0.5, 0.6) is 0 Å². The van der Waals surface area contributed by atoms with Gasteiger partial charge in [0.1, 0.15) is 30.5 Å². The standard InChI is InChI=1S/C20H20O8/c1-17-7-13(10-2-5-25-8-10)27-16(23)19(17,24)4-3-18-9-26-15(22)11(18)6-12(21)14-20(17,18)28-14/h2,5-6,8,12-14,21,24H,3-4,7,9H2,1H3/t12-,13+,14+,17-,18+,19-,20-/m0/s1. The molecular weight excluding hydrogens is 368 g/mol. The number of hydrogen-bond acceptors (Lipinski definition) is 8. The van der Waals surface area contributed by atoms with Crippen molar-refractivity contribution in [2.24, 2.45) is 10.8 Å². The highest BCUT2D eigenvalue weighted by Crippen LogP contribution is 2.77. The number of carbonyl (C=O) groups is 2. The Morgan fingerprint density at radius 1 is 1.25 bits per heavy atom. The predicted octanol–water partition coefficient (Wildman–Crippen LogP) is 0.780. The van der Waals surface area contributed by atoms with Crippen LogP contribution in [0.2, 0.25) is 0 Å². The van der Waals surface area contributed by atoms with Crippen molar-refractivity contribution in [3.63, 3.8) is 0 Å².